The third-order valence-corrected chi connectivity index (χ3v) is 6.83. The van der Waals surface area contributed by atoms with Gasteiger partial charge in [-0.2, -0.15) is 0 Å². The van der Waals surface area contributed by atoms with E-state index in [2.05, 4.69) is 32.9 Å². The summed E-state index contributed by atoms with van der Waals surface area (Å²) in [5.41, 5.74) is 0. The minimum atomic E-state index is 0.0133. The molecular weight excluding hydrogens is 416 g/mol. The predicted octanol–water partition coefficient (Wildman–Crippen LogP) is 11.1. The van der Waals surface area contributed by atoms with Gasteiger partial charge in [-0.15, -0.1) is 0 Å². The largest absolute Gasteiger partial charge is 0.466 e. The van der Waals surface area contributed by atoms with Crippen molar-refractivity contribution in [1.82, 2.24) is 0 Å². The zero-order valence-corrected chi connectivity index (χ0v) is 23.7. The molecule has 0 aromatic rings. The van der Waals surface area contributed by atoms with Crippen molar-refractivity contribution in [2.45, 2.75) is 175 Å². The zero-order chi connectivity index (χ0) is 25.0. The van der Waals surface area contributed by atoms with Crippen molar-refractivity contribution in [3.8, 4) is 0 Å². The number of rotatable bonds is 27. The summed E-state index contributed by atoms with van der Waals surface area (Å²) in [4.78, 5) is 11.8. The fourth-order valence-corrected chi connectivity index (χ4v) is 4.49. The Labute approximate surface area is 215 Å². The van der Waals surface area contributed by atoms with E-state index in [9.17, 15) is 4.79 Å². The lowest BCUT2D eigenvalue weighted by Crippen LogP contribution is -2.05. The molecule has 0 aromatic heterocycles. The first-order valence-electron chi connectivity index (χ1n) is 15.5. The third-order valence-electron chi connectivity index (χ3n) is 6.83. The van der Waals surface area contributed by atoms with E-state index in [-0.39, 0.29) is 5.97 Å². The van der Waals surface area contributed by atoms with Gasteiger partial charge in [-0.1, -0.05) is 142 Å². The summed E-state index contributed by atoms with van der Waals surface area (Å²) >= 11 is 0. The minimum Gasteiger partial charge on any atom is -0.466 e. The first-order chi connectivity index (χ1) is 16.7. The Balaban J connectivity index is 3.19. The lowest BCUT2D eigenvalue weighted by atomic mass is 10.0. The van der Waals surface area contributed by atoms with Crippen LogP contribution in [0.5, 0.6) is 0 Å². The van der Waals surface area contributed by atoms with Crippen molar-refractivity contribution >= 4 is 5.97 Å². The molecule has 0 aliphatic heterocycles. The van der Waals surface area contributed by atoms with Gasteiger partial charge in [0, 0.05) is 6.42 Å². The van der Waals surface area contributed by atoms with Gasteiger partial charge >= 0.3 is 5.97 Å². The van der Waals surface area contributed by atoms with Crippen LogP contribution in [0.15, 0.2) is 12.2 Å². The van der Waals surface area contributed by atoms with Gasteiger partial charge in [-0.25, -0.2) is 0 Å². The topological polar surface area (TPSA) is 26.3 Å². The molecule has 0 rings (SSSR count). The van der Waals surface area contributed by atoms with Crippen LogP contribution < -0.4 is 0 Å². The lowest BCUT2D eigenvalue weighted by Gasteiger charge is -2.06. The van der Waals surface area contributed by atoms with E-state index in [1.807, 2.05) is 0 Å². The van der Waals surface area contributed by atoms with Gasteiger partial charge in [0.1, 0.15) is 0 Å². The van der Waals surface area contributed by atoms with E-state index in [1.54, 1.807) is 0 Å². The maximum absolute atomic E-state index is 11.8. The second-order valence-electron chi connectivity index (χ2n) is 10.9. The highest BCUT2D eigenvalue weighted by molar-refractivity contribution is 5.69. The Bertz CT molecular complexity index is 427. The van der Waals surface area contributed by atoms with Gasteiger partial charge < -0.3 is 4.74 Å². The van der Waals surface area contributed by atoms with Crippen LogP contribution in [0.1, 0.15) is 175 Å². The molecule has 0 spiro atoms. The molecule has 0 bridgehead atoms. The maximum atomic E-state index is 11.8. The Kier molecular flexibility index (Phi) is 27.8. The maximum Gasteiger partial charge on any atom is 0.305 e. The standard InChI is InChI=1S/C32H62O2/c1-4-5-6-7-8-9-10-11-14-17-20-23-26-29-32(33)34-30-27-24-21-18-15-12-13-16-19-22-25-28-31(2)3/h9-10,31H,4-8,11-30H2,1-3H3/b10-9-. The molecule has 0 atom stereocenters. The molecule has 0 fully saturated rings. The van der Waals surface area contributed by atoms with Gasteiger partial charge in [-0.3, -0.25) is 4.79 Å². The van der Waals surface area contributed by atoms with Crippen LogP contribution in [-0.4, -0.2) is 12.6 Å². The molecule has 0 radical (unpaired) electrons. The Hall–Kier alpha value is -0.790. The monoisotopic (exact) mass is 478 g/mol. The van der Waals surface area contributed by atoms with Crippen molar-refractivity contribution in [3.05, 3.63) is 12.2 Å². The zero-order valence-electron chi connectivity index (χ0n) is 23.7. The van der Waals surface area contributed by atoms with Crippen LogP contribution in [0, 0.1) is 5.92 Å². The Morgan fingerprint density at radius 2 is 1.03 bits per heavy atom. The summed E-state index contributed by atoms with van der Waals surface area (Å²) in [6.45, 7) is 7.53. The average Bonchev–Trinajstić information content (AvgIpc) is 2.82. The van der Waals surface area contributed by atoms with Gasteiger partial charge in [0.2, 0.25) is 0 Å². The highest BCUT2D eigenvalue weighted by Gasteiger charge is 2.02. The molecule has 0 saturated carbocycles. The smallest absolute Gasteiger partial charge is 0.305 e. The molecule has 202 valence electrons. The van der Waals surface area contributed by atoms with Gasteiger partial charge in [0.15, 0.2) is 0 Å². The SMILES string of the molecule is CCCCCC/C=C\CCCCCCCC(=O)OCCCCCCCCCCCCCC(C)C. The molecule has 0 unspecified atom stereocenters. The summed E-state index contributed by atoms with van der Waals surface area (Å²) in [7, 11) is 0. The second-order valence-corrected chi connectivity index (χ2v) is 10.9. The number of carbonyl (C=O) groups excluding carboxylic acids is 1. The van der Waals surface area contributed by atoms with Gasteiger partial charge in [0.25, 0.3) is 0 Å². The quantitative estimate of drug-likeness (QED) is 0.0666. The van der Waals surface area contributed by atoms with Gasteiger partial charge in [0.05, 0.1) is 6.61 Å². The molecule has 2 nitrogen and oxygen atoms in total. The molecule has 2 heteroatoms. The Morgan fingerprint density at radius 1 is 0.588 bits per heavy atom. The van der Waals surface area contributed by atoms with Crippen LogP contribution in [0.4, 0.5) is 0 Å². The van der Waals surface area contributed by atoms with E-state index >= 15 is 0 Å². The average molecular weight is 479 g/mol. The van der Waals surface area contributed by atoms with E-state index < -0.39 is 0 Å². The molecule has 0 aliphatic carbocycles. The highest BCUT2D eigenvalue weighted by atomic mass is 16.5. The van der Waals surface area contributed by atoms with Crippen molar-refractivity contribution in [2.24, 2.45) is 5.92 Å². The second kappa shape index (κ2) is 28.4. The molecule has 0 amide bonds. The summed E-state index contributed by atoms with van der Waals surface area (Å²) in [6, 6.07) is 0. The van der Waals surface area contributed by atoms with Crippen molar-refractivity contribution in [1.29, 1.82) is 0 Å². The number of esters is 1. The predicted molar refractivity (Wildman–Crippen MR) is 151 cm³/mol. The van der Waals surface area contributed by atoms with Crippen molar-refractivity contribution in [2.75, 3.05) is 6.61 Å². The molecule has 0 saturated heterocycles. The molecule has 0 heterocycles. The van der Waals surface area contributed by atoms with Crippen molar-refractivity contribution < 1.29 is 9.53 Å². The van der Waals surface area contributed by atoms with Crippen LogP contribution >= 0.6 is 0 Å². The van der Waals surface area contributed by atoms with E-state index in [0.29, 0.717) is 13.0 Å². The molecule has 0 aromatic carbocycles. The van der Waals surface area contributed by atoms with Crippen LogP contribution in [0.2, 0.25) is 0 Å². The fourth-order valence-electron chi connectivity index (χ4n) is 4.49. The normalized spacial score (nSPS) is 11.6. The lowest BCUT2D eigenvalue weighted by molar-refractivity contribution is -0.143. The number of unbranched alkanes of at least 4 members (excludes halogenated alkanes) is 19. The summed E-state index contributed by atoms with van der Waals surface area (Å²) in [6.07, 6.45) is 35.3. The first kappa shape index (κ1) is 33.2. The fraction of sp³-hybridized carbons (Fsp3) is 0.906. The van der Waals surface area contributed by atoms with Crippen LogP contribution in [0.3, 0.4) is 0 Å². The van der Waals surface area contributed by atoms with E-state index in [4.69, 9.17) is 4.74 Å². The van der Waals surface area contributed by atoms with E-state index in [0.717, 1.165) is 25.2 Å². The summed E-state index contributed by atoms with van der Waals surface area (Å²) in [5, 5.41) is 0. The summed E-state index contributed by atoms with van der Waals surface area (Å²) < 4.78 is 5.41. The molecular formula is C32H62O2. The minimum absolute atomic E-state index is 0.0133. The number of carbonyl (C=O) groups is 1. The van der Waals surface area contributed by atoms with Crippen LogP contribution in [0.25, 0.3) is 0 Å². The van der Waals surface area contributed by atoms with Gasteiger partial charge in [-0.05, 0) is 44.4 Å². The van der Waals surface area contributed by atoms with Crippen LogP contribution in [-0.2, 0) is 9.53 Å². The molecule has 34 heavy (non-hydrogen) atoms. The molecule has 0 aliphatic rings. The van der Waals surface area contributed by atoms with E-state index in [1.165, 1.54) is 128 Å². The number of hydrogen-bond acceptors (Lipinski definition) is 2. The number of hydrogen-bond donors (Lipinski definition) is 0. The highest BCUT2D eigenvalue weighted by Crippen LogP contribution is 2.14. The Morgan fingerprint density at radius 3 is 1.56 bits per heavy atom. The summed E-state index contributed by atoms with van der Waals surface area (Å²) in [5.74, 6) is 0.880. The van der Waals surface area contributed by atoms with Crippen molar-refractivity contribution in [3.63, 3.8) is 0 Å². The molecule has 0 N–H and O–H groups in total. The number of ether oxygens (including phenoxy) is 1. The number of allylic oxidation sites excluding steroid dienone is 2. The third kappa shape index (κ3) is 29.2. The first-order valence-corrected chi connectivity index (χ1v) is 15.5.